The zero-order valence-corrected chi connectivity index (χ0v) is 9.38. The fourth-order valence-electron chi connectivity index (χ4n) is 1.03. The predicted molar refractivity (Wildman–Crippen MR) is 60.1 cm³/mol. The van der Waals surface area contributed by atoms with Crippen molar-refractivity contribution in [3.05, 3.63) is 36.5 Å². The Morgan fingerprint density at radius 3 is 1.71 bits per heavy atom. The molecule has 0 aromatic carbocycles. The summed E-state index contributed by atoms with van der Waals surface area (Å²) in [7, 11) is 0. The van der Waals surface area contributed by atoms with Crippen molar-refractivity contribution in [2.45, 2.75) is 27.1 Å². The molecule has 1 aliphatic rings. The fraction of sp³-hybridized carbons (Fsp3) is 0.500. The summed E-state index contributed by atoms with van der Waals surface area (Å²) in [6, 6.07) is 0. The van der Waals surface area contributed by atoms with E-state index in [2.05, 4.69) is 13.2 Å². The van der Waals surface area contributed by atoms with E-state index in [1.807, 2.05) is 20.8 Å². The van der Waals surface area contributed by atoms with E-state index in [4.69, 9.17) is 9.47 Å². The molecule has 0 aliphatic carbocycles. The minimum Gasteiger partial charge on any atom is -0.348 e. The fourth-order valence-corrected chi connectivity index (χ4v) is 1.03. The highest BCUT2D eigenvalue weighted by Crippen LogP contribution is 2.14. The minimum absolute atomic E-state index is 0.141. The second kappa shape index (κ2) is 7.54. The van der Waals surface area contributed by atoms with Gasteiger partial charge in [0.25, 0.3) is 0 Å². The van der Waals surface area contributed by atoms with Gasteiger partial charge >= 0.3 is 0 Å². The van der Waals surface area contributed by atoms with Crippen molar-refractivity contribution >= 4 is 0 Å². The Bertz CT molecular complexity index is 194. The molecule has 0 spiro atoms. The summed E-state index contributed by atoms with van der Waals surface area (Å²) in [6.45, 7) is 14.4. The average molecular weight is 196 g/mol. The van der Waals surface area contributed by atoms with Gasteiger partial charge in [-0.15, -0.1) is 0 Å². The van der Waals surface area contributed by atoms with Crippen LogP contribution in [0.15, 0.2) is 36.5 Å². The molecular weight excluding hydrogens is 176 g/mol. The molecule has 0 bridgehead atoms. The van der Waals surface area contributed by atoms with E-state index in [9.17, 15) is 0 Å². The summed E-state index contributed by atoms with van der Waals surface area (Å²) in [5, 5.41) is 0. The van der Waals surface area contributed by atoms with Crippen LogP contribution in [0.4, 0.5) is 0 Å². The first-order valence-electron chi connectivity index (χ1n) is 4.98. The third-order valence-corrected chi connectivity index (χ3v) is 1.85. The lowest BCUT2D eigenvalue weighted by molar-refractivity contribution is -0.110. The molecule has 1 heterocycles. The van der Waals surface area contributed by atoms with Crippen molar-refractivity contribution in [1.29, 1.82) is 0 Å². The van der Waals surface area contributed by atoms with Crippen LogP contribution in [-0.2, 0) is 9.47 Å². The smallest absolute Gasteiger partial charge is 0.155 e. The Morgan fingerprint density at radius 2 is 1.43 bits per heavy atom. The molecule has 0 saturated heterocycles. The summed E-state index contributed by atoms with van der Waals surface area (Å²) in [5.74, 6) is 0. The van der Waals surface area contributed by atoms with Gasteiger partial charge in [-0.3, -0.25) is 0 Å². The van der Waals surface area contributed by atoms with Gasteiger partial charge in [-0.1, -0.05) is 39.2 Å². The second-order valence-corrected chi connectivity index (χ2v) is 2.65. The van der Waals surface area contributed by atoms with Crippen molar-refractivity contribution in [1.82, 2.24) is 0 Å². The first kappa shape index (κ1) is 13.1. The van der Waals surface area contributed by atoms with E-state index < -0.39 is 0 Å². The largest absolute Gasteiger partial charge is 0.348 e. The quantitative estimate of drug-likeness (QED) is 0.675. The molecular formula is C12H20O2. The van der Waals surface area contributed by atoms with Gasteiger partial charge in [-0.05, 0) is 18.1 Å². The Balaban J connectivity index is 0.000000791. The molecule has 1 rings (SSSR count). The topological polar surface area (TPSA) is 18.5 Å². The van der Waals surface area contributed by atoms with Crippen LogP contribution in [0.5, 0.6) is 0 Å². The summed E-state index contributed by atoms with van der Waals surface area (Å²) >= 11 is 0. The average Bonchev–Trinajstić information content (AvgIpc) is 2.42. The lowest BCUT2D eigenvalue weighted by Crippen LogP contribution is -2.11. The molecule has 2 nitrogen and oxygen atoms in total. The molecule has 0 amide bonds. The van der Waals surface area contributed by atoms with Crippen molar-refractivity contribution in [2.24, 2.45) is 0 Å². The van der Waals surface area contributed by atoms with Gasteiger partial charge < -0.3 is 9.47 Å². The van der Waals surface area contributed by atoms with Crippen molar-refractivity contribution in [3.8, 4) is 0 Å². The van der Waals surface area contributed by atoms with E-state index in [1.54, 1.807) is 12.2 Å². The Morgan fingerprint density at radius 1 is 1.07 bits per heavy atom. The molecule has 1 aliphatic heterocycles. The number of hydrogen-bond acceptors (Lipinski definition) is 2. The molecule has 80 valence electrons. The highest BCUT2D eigenvalue weighted by Gasteiger charge is 2.11. The van der Waals surface area contributed by atoms with E-state index in [0.717, 1.165) is 11.1 Å². The maximum absolute atomic E-state index is 5.34. The van der Waals surface area contributed by atoms with Gasteiger partial charge in [0.1, 0.15) is 0 Å². The standard InChI is InChI=1S/C10H14O2.C2H6/c1-4-9-6-11-8(3)12-7-10(9)5-2;1-2/h4-5,8H,1-2,6-7H2,3H3;1-2H3. The van der Waals surface area contributed by atoms with Crippen molar-refractivity contribution in [2.75, 3.05) is 13.2 Å². The number of hydrogen-bond donors (Lipinski definition) is 0. The molecule has 0 aromatic rings. The molecule has 2 heteroatoms. The van der Waals surface area contributed by atoms with Gasteiger partial charge in [0, 0.05) is 0 Å². The van der Waals surface area contributed by atoms with Gasteiger partial charge in [-0.2, -0.15) is 0 Å². The van der Waals surface area contributed by atoms with Gasteiger partial charge in [-0.25, -0.2) is 0 Å². The maximum Gasteiger partial charge on any atom is 0.155 e. The summed E-state index contributed by atoms with van der Waals surface area (Å²) in [6.07, 6.45) is 3.44. The lowest BCUT2D eigenvalue weighted by Gasteiger charge is -2.08. The summed E-state index contributed by atoms with van der Waals surface area (Å²) in [4.78, 5) is 0. The van der Waals surface area contributed by atoms with Crippen molar-refractivity contribution in [3.63, 3.8) is 0 Å². The van der Waals surface area contributed by atoms with Crippen LogP contribution in [0.25, 0.3) is 0 Å². The predicted octanol–water partition coefficient (Wildman–Crippen LogP) is 3.07. The highest BCUT2D eigenvalue weighted by atomic mass is 16.7. The third kappa shape index (κ3) is 3.90. The second-order valence-electron chi connectivity index (χ2n) is 2.65. The first-order valence-corrected chi connectivity index (χ1v) is 4.98. The van der Waals surface area contributed by atoms with Crippen LogP contribution in [0.1, 0.15) is 20.8 Å². The Kier molecular flexibility index (Phi) is 7.07. The monoisotopic (exact) mass is 196 g/mol. The van der Waals surface area contributed by atoms with Crippen LogP contribution in [0.3, 0.4) is 0 Å². The molecule has 0 atom stereocenters. The van der Waals surface area contributed by atoms with Gasteiger partial charge in [0.05, 0.1) is 13.2 Å². The molecule has 14 heavy (non-hydrogen) atoms. The molecule has 0 N–H and O–H groups in total. The first-order chi connectivity index (χ1) is 6.77. The summed E-state index contributed by atoms with van der Waals surface area (Å²) < 4.78 is 10.7. The zero-order chi connectivity index (χ0) is 11.0. The van der Waals surface area contributed by atoms with Crippen LogP contribution in [-0.4, -0.2) is 19.5 Å². The van der Waals surface area contributed by atoms with E-state index in [0.29, 0.717) is 13.2 Å². The Hall–Kier alpha value is -0.860. The van der Waals surface area contributed by atoms with Crippen LogP contribution < -0.4 is 0 Å². The normalized spacial score (nSPS) is 17.9. The number of ether oxygens (including phenoxy) is 2. The van der Waals surface area contributed by atoms with E-state index >= 15 is 0 Å². The van der Waals surface area contributed by atoms with E-state index in [-0.39, 0.29) is 6.29 Å². The van der Waals surface area contributed by atoms with Gasteiger partial charge in [0.15, 0.2) is 6.29 Å². The molecule has 0 fully saturated rings. The summed E-state index contributed by atoms with van der Waals surface area (Å²) in [5.41, 5.74) is 2.13. The molecule has 0 unspecified atom stereocenters. The highest BCUT2D eigenvalue weighted by molar-refractivity contribution is 5.32. The zero-order valence-electron chi connectivity index (χ0n) is 9.38. The van der Waals surface area contributed by atoms with Crippen molar-refractivity contribution < 1.29 is 9.47 Å². The van der Waals surface area contributed by atoms with Crippen LogP contribution in [0, 0.1) is 0 Å². The van der Waals surface area contributed by atoms with Gasteiger partial charge in [0.2, 0.25) is 0 Å². The van der Waals surface area contributed by atoms with E-state index in [1.165, 1.54) is 0 Å². The lowest BCUT2D eigenvalue weighted by atomic mass is 10.1. The maximum atomic E-state index is 5.34. The minimum atomic E-state index is -0.141. The third-order valence-electron chi connectivity index (χ3n) is 1.85. The van der Waals surface area contributed by atoms with Crippen LogP contribution >= 0.6 is 0 Å². The SMILES string of the molecule is C=CC1=C(C=C)COC(C)OC1.CC. The van der Waals surface area contributed by atoms with Crippen LogP contribution in [0.2, 0.25) is 0 Å². The molecule has 0 radical (unpaired) electrons. The number of rotatable bonds is 2. The molecule has 0 aromatic heterocycles. The molecule has 0 saturated carbocycles. The Labute approximate surface area is 86.9 Å².